The standard InChI is InChI=1S/C19H25N5O2/c1-3-14-6-4-5-7-17(14)20-19(25)16(18-21-23-24-22-18)12-13-8-10-15(26-2)11-9-13/h4-11,16,18,21-24H,3,12H2,1-2H3,(H,20,25). The molecule has 0 aliphatic carbocycles. The second-order valence-corrected chi connectivity index (χ2v) is 6.17. The first-order valence-corrected chi connectivity index (χ1v) is 8.74. The fourth-order valence-electron chi connectivity index (χ4n) is 3.02. The van der Waals surface area contributed by atoms with E-state index in [0.29, 0.717) is 6.42 Å². The zero-order valence-corrected chi connectivity index (χ0v) is 15.0. The Balaban J connectivity index is 1.77. The maximum absolute atomic E-state index is 13.0. The van der Waals surface area contributed by atoms with Crippen LogP contribution in [0.5, 0.6) is 5.75 Å². The van der Waals surface area contributed by atoms with Gasteiger partial charge in [0.05, 0.1) is 19.2 Å². The summed E-state index contributed by atoms with van der Waals surface area (Å²) in [5, 5.41) is 3.08. The van der Waals surface area contributed by atoms with Gasteiger partial charge in [-0.2, -0.15) is 11.1 Å². The van der Waals surface area contributed by atoms with E-state index in [1.807, 2.05) is 48.5 Å². The van der Waals surface area contributed by atoms with E-state index in [1.54, 1.807) is 7.11 Å². The molecular formula is C19H25N5O2. The second-order valence-electron chi connectivity index (χ2n) is 6.17. The molecule has 1 amide bonds. The van der Waals surface area contributed by atoms with Crippen LogP contribution in [-0.2, 0) is 17.6 Å². The number of carbonyl (C=O) groups excluding carboxylic acids is 1. The third-order valence-corrected chi connectivity index (χ3v) is 4.53. The normalized spacial score (nSPS) is 15.6. The second kappa shape index (κ2) is 8.77. The van der Waals surface area contributed by atoms with Crippen molar-refractivity contribution in [2.45, 2.75) is 25.9 Å². The molecule has 1 unspecified atom stereocenters. The molecule has 5 N–H and O–H groups in total. The van der Waals surface area contributed by atoms with Crippen molar-refractivity contribution < 1.29 is 9.53 Å². The topological polar surface area (TPSA) is 86.5 Å². The van der Waals surface area contributed by atoms with Crippen LogP contribution in [0.1, 0.15) is 18.1 Å². The summed E-state index contributed by atoms with van der Waals surface area (Å²) in [6.45, 7) is 2.08. The summed E-state index contributed by atoms with van der Waals surface area (Å²) < 4.78 is 5.20. The molecule has 1 atom stereocenters. The molecule has 7 nitrogen and oxygen atoms in total. The van der Waals surface area contributed by atoms with E-state index in [-0.39, 0.29) is 18.0 Å². The van der Waals surface area contributed by atoms with E-state index in [2.05, 4.69) is 34.2 Å². The van der Waals surface area contributed by atoms with Gasteiger partial charge in [-0.05, 0) is 42.2 Å². The minimum absolute atomic E-state index is 0.0442. The summed E-state index contributed by atoms with van der Waals surface area (Å²) in [7, 11) is 1.64. The van der Waals surface area contributed by atoms with Crippen LogP contribution in [0.25, 0.3) is 0 Å². The summed E-state index contributed by atoms with van der Waals surface area (Å²) in [6, 6.07) is 15.7. The number of nitrogens with one attached hydrogen (secondary N) is 5. The van der Waals surface area contributed by atoms with Gasteiger partial charge in [0, 0.05) is 5.69 Å². The Morgan fingerprint density at radius 3 is 2.46 bits per heavy atom. The molecule has 26 heavy (non-hydrogen) atoms. The van der Waals surface area contributed by atoms with Gasteiger partial charge < -0.3 is 10.1 Å². The first kappa shape index (κ1) is 18.3. The average Bonchev–Trinajstić information content (AvgIpc) is 3.21. The Morgan fingerprint density at radius 2 is 1.81 bits per heavy atom. The highest BCUT2D eigenvalue weighted by Crippen LogP contribution is 2.20. The molecule has 1 saturated heterocycles. The highest BCUT2D eigenvalue weighted by molar-refractivity contribution is 5.93. The number of hydrogen-bond acceptors (Lipinski definition) is 6. The van der Waals surface area contributed by atoms with Gasteiger partial charge in [0.1, 0.15) is 5.75 Å². The van der Waals surface area contributed by atoms with Crippen LogP contribution >= 0.6 is 0 Å². The van der Waals surface area contributed by atoms with Crippen LogP contribution in [0.15, 0.2) is 48.5 Å². The molecule has 0 spiro atoms. The lowest BCUT2D eigenvalue weighted by atomic mass is 9.95. The van der Waals surface area contributed by atoms with Crippen molar-refractivity contribution in [2.75, 3.05) is 12.4 Å². The summed E-state index contributed by atoms with van der Waals surface area (Å²) >= 11 is 0. The van der Waals surface area contributed by atoms with Gasteiger partial charge in [0.15, 0.2) is 0 Å². The number of amides is 1. The minimum Gasteiger partial charge on any atom is -0.497 e. The van der Waals surface area contributed by atoms with Crippen LogP contribution in [0.3, 0.4) is 0 Å². The van der Waals surface area contributed by atoms with Crippen molar-refractivity contribution in [1.82, 2.24) is 21.9 Å². The minimum atomic E-state index is -0.323. The molecule has 3 rings (SSSR count). The number of hydrogen-bond donors (Lipinski definition) is 5. The summed E-state index contributed by atoms with van der Waals surface area (Å²) in [5.41, 5.74) is 14.7. The zero-order chi connectivity index (χ0) is 18.4. The fraction of sp³-hybridized carbons (Fsp3) is 0.316. The van der Waals surface area contributed by atoms with E-state index < -0.39 is 0 Å². The Bertz CT molecular complexity index is 729. The Morgan fingerprint density at radius 1 is 1.12 bits per heavy atom. The lowest BCUT2D eigenvalue weighted by Crippen LogP contribution is -2.47. The maximum atomic E-state index is 13.0. The van der Waals surface area contributed by atoms with Crippen molar-refractivity contribution >= 4 is 11.6 Å². The van der Waals surface area contributed by atoms with E-state index in [4.69, 9.17) is 4.74 Å². The van der Waals surface area contributed by atoms with Crippen molar-refractivity contribution in [3.05, 3.63) is 59.7 Å². The van der Waals surface area contributed by atoms with Gasteiger partial charge in [0.2, 0.25) is 5.91 Å². The lowest BCUT2D eigenvalue weighted by Gasteiger charge is -2.23. The van der Waals surface area contributed by atoms with E-state index >= 15 is 0 Å². The highest BCUT2D eigenvalue weighted by Gasteiger charge is 2.31. The number of ether oxygens (including phenoxy) is 1. The Labute approximate surface area is 153 Å². The quantitative estimate of drug-likeness (QED) is 0.517. The van der Waals surface area contributed by atoms with Crippen molar-refractivity contribution in [2.24, 2.45) is 5.92 Å². The van der Waals surface area contributed by atoms with Crippen LogP contribution in [-0.4, -0.2) is 19.2 Å². The molecular weight excluding hydrogens is 330 g/mol. The first-order valence-electron chi connectivity index (χ1n) is 8.74. The van der Waals surface area contributed by atoms with Gasteiger partial charge in [-0.15, -0.1) is 0 Å². The fourth-order valence-corrected chi connectivity index (χ4v) is 3.02. The number of hydrazine groups is 3. The van der Waals surface area contributed by atoms with Gasteiger partial charge in [-0.25, -0.2) is 10.9 Å². The lowest BCUT2D eigenvalue weighted by molar-refractivity contribution is -0.120. The molecule has 1 aliphatic heterocycles. The highest BCUT2D eigenvalue weighted by atomic mass is 16.5. The maximum Gasteiger partial charge on any atom is 0.230 e. The van der Waals surface area contributed by atoms with E-state index in [9.17, 15) is 4.79 Å². The van der Waals surface area contributed by atoms with Crippen molar-refractivity contribution in [3.8, 4) is 5.75 Å². The predicted octanol–water partition coefficient (Wildman–Crippen LogP) is 1.50. The van der Waals surface area contributed by atoms with Gasteiger partial charge in [-0.1, -0.05) is 37.3 Å². The predicted molar refractivity (Wildman–Crippen MR) is 101 cm³/mol. The van der Waals surface area contributed by atoms with Gasteiger partial charge in [-0.3, -0.25) is 4.79 Å². The van der Waals surface area contributed by atoms with Crippen LogP contribution < -0.4 is 32.0 Å². The van der Waals surface area contributed by atoms with Crippen LogP contribution in [0, 0.1) is 5.92 Å². The molecule has 2 aromatic rings. The number of methoxy groups -OCH3 is 1. The molecule has 7 heteroatoms. The number of aryl methyl sites for hydroxylation is 1. The SMILES string of the molecule is CCc1ccccc1NC(=O)C(Cc1ccc(OC)cc1)C1NNNN1. The number of para-hydroxylation sites is 1. The largest absolute Gasteiger partial charge is 0.497 e. The molecule has 0 radical (unpaired) electrons. The molecule has 0 aromatic heterocycles. The first-order chi connectivity index (χ1) is 12.7. The molecule has 0 bridgehead atoms. The average molecular weight is 355 g/mol. The third kappa shape index (κ3) is 4.39. The molecule has 1 fully saturated rings. The number of benzene rings is 2. The van der Waals surface area contributed by atoms with Crippen LogP contribution in [0.4, 0.5) is 5.69 Å². The van der Waals surface area contributed by atoms with Crippen molar-refractivity contribution in [1.29, 1.82) is 0 Å². The zero-order valence-electron chi connectivity index (χ0n) is 15.0. The summed E-state index contributed by atoms with van der Waals surface area (Å²) in [5.74, 6) is 0.431. The molecule has 1 aliphatic rings. The monoisotopic (exact) mass is 355 g/mol. The molecule has 1 heterocycles. The van der Waals surface area contributed by atoms with E-state index in [1.165, 1.54) is 0 Å². The third-order valence-electron chi connectivity index (χ3n) is 4.53. The molecule has 138 valence electrons. The smallest absolute Gasteiger partial charge is 0.230 e. The van der Waals surface area contributed by atoms with Crippen molar-refractivity contribution in [3.63, 3.8) is 0 Å². The number of carbonyl (C=O) groups is 1. The molecule has 2 aromatic carbocycles. The summed E-state index contributed by atoms with van der Waals surface area (Å²) in [4.78, 5) is 13.0. The summed E-state index contributed by atoms with van der Waals surface area (Å²) in [6.07, 6.45) is 1.20. The van der Waals surface area contributed by atoms with Gasteiger partial charge >= 0.3 is 0 Å². The van der Waals surface area contributed by atoms with Crippen LogP contribution in [0.2, 0.25) is 0 Å². The Hall–Kier alpha value is -2.45. The number of anilines is 1. The molecule has 0 saturated carbocycles. The Kier molecular flexibility index (Phi) is 6.19. The van der Waals surface area contributed by atoms with Gasteiger partial charge in [0.25, 0.3) is 0 Å². The number of rotatable bonds is 7. The van der Waals surface area contributed by atoms with E-state index in [0.717, 1.165) is 29.0 Å².